The van der Waals surface area contributed by atoms with Gasteiger partial charge in [0.25, 0.3) is 0 Å². The van der Waals surface area contributed by atoms with Gasteiger partial charge in [-0.3, -0.25) is 0 Å². The molecule has 2 aromatic rings. The van der Waals surface area contributed by atoms with Crippen LogP contribution < -0.4 is 0 Å². The average Bonchev–Trinajstić information content (AvgIpc) is 3.00. The van der Waals surface area contributed by atoms with Crippen molar-refractivity contribution in [2.75, 3.05) is 0 Å². The molecule has 0 nitrogen and oxygen atoms in total. The van der Waals surface area contributed by atoms with Gasteiger partial charge in [0, 0.05) is 22.3 Å². The number of benzene rings is 2. The van der Waals surface area contributed by atoms with Gasteiger partial charge < -0.3 is 0 Å². The van der Waals surface area contributed by atoms with Crippen LogP contribution in [0.3, 0.4) is 0 Å². The van der Waals surface area contributed by atoms with Crippen molar-refractivity contribution in [3.8, 4) is 23.7 Å². The van der Waals surface area contributed by atoms with Crippen LogP contribution in [0.4, 0.5) is 0 Å². The van der Waals surface area contributed by atoms with Crippen LogP contribution in [-0.4, -0.2) is 0 Å². The van der Waals surface area contributed by atoms with Gasteiger partial charge in [-0.2, -0.15) is 0 Å². The molecule has 0 aromatic heterocycles. The highest BCUT2D eigenvalue weighted by Crippen LogP contribution is 2.17. The van der Waals surface area contributed by atoms with Crippen LogP contribution in [0.2, 0.25) is 0 Å². The van der Waals surface area contributed by atoms with Crippen molar-refractivity contribution in [1.29, 1.82) is 0 Å². The first-order valence-electron chi connectivity index (χ1n) is 6.96. The predicted octanol–water partition coefficient (Wildman–Crippen LogP) is 4.35. The summed E-state index contributed by atoms with van der Waals surface area (Å²) in [6.07, 6.45) is 5.05. The highest BCUT2D eigenvalue weighted by Gasteiger charge is 2.04. The molecule has 0 bridgehead atoms. The van der Waals surface area contributed by atoms with Crippen LogP contribution in [0.1, 0.15) is 17.5 Å². The normalized spacial score (nSPS) is 12.4. The standard InChI is InChI=1S/C21H14/c1-3-8-18(9-4-1)14-16-20-12-7-13-21(20)17-15-19-10-5-2-6-11-19/h1-12H,13H2. The molecular formula is C21H14. The molecule has 0 unspecified atom stereocenters. The molecule has 0 saturated carbocycles. The van der Waals surface area contributed by atoms with Crippen LogP contribution >= 0.6 is 0 Å². The van der Waals surface area contributed by atoms with Gasteiger partial charge in [0.15, 0.2) is 0 Å². The van der Waals surface area contributed by atoms with Gasteiger partial charge in [-0.1, -0.05) is 66.2 Å². The van der Waals surface area contributed by atoms with E-state index >= 15 is 0 Å². The summed E-state index contributed by atoms with van der Waals surface area (Å²) >= 11 is 0. The van der Waals surface area contributed by atoms with Crippen molar-refractivity contribution >= 4 is 0 Å². The summed E-state index contributed by atoms with van der Waals surface area (Å²) in [5.41, 5.74) is 4.19. The Kier molecular flexibility index (Phi) is 4.02. The molecule has 0 saturated heterocycles. The average molecular weight is 266 g/mol. The van der Waals surface area contributed by atoms with Crippen molar-refractivity contribution in [2.24, 2.45) is 0 Å². The smallest absolute Gasteiger partial charge is 0.0364 e. The molecule has 1 aliphatic carbocycles. The molecule has 1 aliphatic rings. The largest absolute Gasteiger partial charge is 0.0782 e. The number of allylic oxidation sites excluding steroid dienone is 4. The summed E-state index contributed by atoms with van der Waals surface area (Å²) in [4.78, 5) is 0. The maximum absolute atomic E-state index is 3.25. The van der Waals surface area contributed by atoms with Gasteiger partial charge in [0.1, 0.15) is 0 Å². The lowest BCUT2D eigenvalue weighted by Crippen LogP contribution is -1.80. The second-order valence-corrected chi connectivity index (χ2v) is 4.73. The van der Waals surface area contributed by atoms with E-state index in [9.17, 15) is 0 Å². The second-order valence-electron chi connectivity index (χ2n) is 4.73. The van der Waals surface area contributed by atoms with Crippen molar-refractivity contribution in [1.82, 2.24) is 0 Å². The van der Waals surface area contributed by atoms with Crippen molar-refractivity contribution in [3.05, 3.63) is 95.1 Å². The van der Waals surface area contributed by atoms with Gasteiger partial charge in [-0.25, -0.2) is 0 Å². The van der Waals surface area contributed by atoms with E-state index in [1.165, 1.54) is 0 Å². The molecule has 0 amide bonds. The van der Waals surface area contributed by atoms with Crippen LogP contribution in [0.5, 0.6) is 0 Å². The van der Waals surface area contributed by atoms with E-state index in [0.717, 1.165) is 28.7 Å². The highest BCUT2D eigenvalue weighted by molar-refractivity contribution is 5.57. The first-order valence-corrected chi connectivity index (χ1v) is 6.96. The molecule has 0 radical (unpaired) electrons. The highest BCUT2D eigenvalue weighted by atomic mass is 14.1. The van der Waals surface area contributed by atoms with Crippen molar-refractivity contribution < 1.29 is 0 Å². The minimum absolute atomic E-state index is 0.874. The Morgan fingerprint density at radius 2 is 1.19 bits per heavy atom. The van der Waals surface area contributed by atoms with Gasteiger partial charge in [0.2, 0.25) is 0 Å². The molecule has 0 aliphatic heterocycles. The van der Waals surface area contributed by atoms with Gasteiger partial charge >= 0.3 is 0 Å². The quantitative estimate of drug-likeness (QED) is 0.622. The maximum atomic E-state index is 3.25. The van der Waals surface area contributed by atoms with E-state index in [-0.39, 0.29) is 0 Å². The van der Waals surface area contributed by atoms with Crippen LogP contribution in [0.25, 0.3) is 0 Å². The molecule has 0 spiro atoms. The zero-order valence-corrected chi connectivity index (χ0v) is 11.6. The first-order chi connectivity index (χ1) is 10.4. The minimum Gasteiger partial charge on any atom is -0.0782 e. The zero-order valence-electron chi connectivity index (χ0n) is 11.6. The molecule has 3 rings (SSSR count). The lowest BCUT2D eigenvalue weighted by molar-refractivity contribution is 1.35. The van der Waals surface area contributed by atoms with Crippen LogP contribution in [0, 0.1) is 23.7 Å². The summed E-state index contributed by atoms with van der Waals surface area (Å²) in [5.74, 6) is 12.9. The molecule has 0 heteroatoms. The first kappa shape index (κ1) is 13.0. The lowest BCUT2D eigenvalue weighted by Gasteiger charge is -1.92. The Labute approximate surface area is 125 Å². The fourth-order valence-corrected chi connectivity index (χ4v) is 2.07. The summed E-state index contributed by atoms with van der Waals surface area (Å²) in [6.45, 7) is 0. The van der Waals surface area contributed by atoms with E-state index in [1.54, 1.807) is 0 Å². The van der Waals surface area contributed by atoms with E-state index in [4.69, 9.17) is 0 Å². The lowest BCUT2D eigenvalue weighted by atomic mass is 10.1. The Morgan fingerprint density at radius 3 is 1.81 bits per heavy atom. The molecule has 98 valence electrons. The third-order valence-electron chi connectivity index (χ3n) is 3.18. The molecule has 0 heterocycles. The summed E-state index contributed by atoms with van der Waals surface area (Å²) in [5, 5.41) is 0. The topological polar surface area (TPSA) is 0 Å². The molecule has 0 atom stereocenters. The molecule has 0 N–H and O–H groups in total. The third-order valence-corrected chi connectivity index (χ3v) is 3.18. The number of rotatable bonds is 0. The van der Waals surface area contributed by atoms with Gasteiger partial charge in [0.05, 0.1) is 0 Å². The summed E-state index contributed by atoms with van der Waals surface area (Å²) in [6, 6.07) is 20.1. The predicted molar refractivity (Wildman–Crippen MR) is 87.4 cm³/mol. The Morgan fingerprint density at radius 1 is 0.619 bits per heavy atom. The molecule has 0 fully saturated rings. The third kappa shape index (κ3) is 3.53. The van der Waals surface area contributed by atoms with Crippen LogP contribution in [0.15, 0.2) is 84.0 Å². The van der Waals surface area contributed by atoms with E-state index in [0.29, 0.717) is 0 Å². The Bertz CT molecular complexity index is 798. The Balaban J connectivity index is 1.85. The Hall–Kier alpha value is -2.96. The van der Waals surface area contributed by atoms with E-state index < -0.39 is 0 Å². The van der Waals surface area contributed by atoms with Crippen molar-refractivity contribution in [2.45, 2.75) is 6.42 Å². The molecule has 2 aromatic carbocycles. The van der Waals surface area contributed by atoms with E-state index in [1.807, 2.05) is 60.7 Å². The van der Waals surface area contributed by atoms with Crippen LogP contribution in [-0.2, 0) is 0 Å². The summed E-state index contributed by atoms with van der Waals surface area (Å²) < 4.78 is 0. The van der Waals surface area contributed by atoms with E-state index in [2.05, 4.69) is 35.8 Å². The summed E-state index contributed by atoms with van der Waals surface area (Å²) in [7, 11) is 0. The number of hydrogen-bond acceptors (Lipinski definition) is 0. The van der Waals surface area contributed by atoms with Gasteiger partial charge in [-0.15, -0.1) is 0 Å². The fourth-order valence-electron chi connectivity index (χ4n) is 2.07. The van der Waals surface area contributed by atoms with Gasteiger partial charge in [-0.05, 0) is 36.8 Å². The second kappa shape index (κ2) is 6.47. The monoisotopic (exact) mass is 266 g/mol. The maximum Gasteiger partial charge on any atom is 0.0364 e. The zero-order chi connectivity index (χ0) is 14.3. The fraction of sp³-hybridized carbons (Fsp3) is 0.0476. The molecular weight excluding hydrogens is 252 g/mol. The SMILES string of the molecule is C(#Cc1ccccc1)C1=C(C#Cc2ccccc2)CC=C1. The molecule has 21 heavy (non-hydrogen) atoms. The number of hydrogen-bond donors (Lipinski definition) is 0. The van der Waals surface area contributed by atoms with Crippen molar-refractivity contribution in [3.63, 3.8) is 0 Å². The minimum atomic E-state index is 0.874.